The second-order valence-corrected chi connectivity index (χ2v) is 4.11. The van der Waals surface area contributed by atoms with Gasteiger partial charge in [-0.3, -0.25) is 0 Å². The number of nitrogens with one attached hydrogen (secondary N) is 1. The maximum absolute atomic E-state index is 5.59. The van der Waals surface area contributed by atoms with E-state index in [-0.39, 0.29) is 0 Å². The molecule has 1 rings (SSSR count). The van der Waals surface area contributed by atoms with Gasteiger partial charge in [0.05, 0.1) is 14.2 Å². The first kappa shape index (κ1) is 15.4. The van der Waals surface area contributed by atoms with Gasteiger partial charge in [0, 0.05) is 6.54 Å². The van der Waals surface area contributed by atoms with E-state index in [1.165, 1.54) is 0 Å². The van der Waals surface area contributed by atoms with Crippen molar-refractivity contribution >= 4 is 0 Å². The first-order chi connectivity index (χ1) is 9.26. The lowest BCUT2D eigenvalue weighted by molar-refractivity contribution is 0.300. The molecule has 1 aromatic carbocycles. The van der Waals surface area contributed by atoms with Crippen molar-refractivity contribution in [2.75, 3.05) is 27.4 Å². The van der Waals surface area contributed by atoms with Crippen molar-refractivity contribution in [1.29, 1.82) is 0 Å². The Hall–Kier alpha value is -1.68. The third kappa shape index (κ3) is 4.48. The van der Waals surface area contributed by atoms with Crippen LogP contribution in [0.1, 0.15) is 18.9 Å². The molecule has 0 aromatic heterocycles. The van der Waals surface area contributed by atoms with E-state index < -0.39 is 0 Å². The van der Waals surface area contributed by atoms with Crippen molar-refractivity contribution < 1.29 is 14.2 Å². The third-order valence-electron chi connectivity index (χ3n) is 2.62. The van der Waals surface area contributed by atoms with E-state index in [0.717, 1.165) is 25.1 Å². The maximum Gasteiger partial charge on any atom is 0.203 e. The van der Waals surface area contributed by atoms with Crippen LogP contribution >= 0.6 is 0 Å². The van der Waals surface area contributed by atoms with Crippen molar-refractivity contribution in [3.8, 4) is 17.2 Å². The molecule has 0 aliphatic carbocycles. The normalized spacial score (nSPS) is 10.1. The summed E-state index contributed by atoms with van der Waals surface area (Å²) in [5.41, 5.74) is 1.10. The average molecular weight is 265 g/mol. The Kier molecular flexibility index (Phi) is 6.82. The monoisotopic (exact) mass is 265 g/mol. The number of ether oxygens (including phenoxy) is 3. The number of rotatable bonds is 9. The summed E-state index contributed by atoms with van der Waals surface area (Å²) in [6.45, 7) is 7.96. The SMILES string of the molecule is C=CCOc1c(OC)cc(CNCCC)cc1OC. The molecule has 106 valence electrons. The molecule has 0 saturated carbocycles. The summed E-state index contributed by atoms with van der Waals surface area (Å²) in [5, 5.41) is 3.35. The van der Waals surface area contributed by atoms with Crippen molar-refractivity contribution in [1.82, 2.24) is 5.32 Å². The topological polar surface area (TPSA) is 39.7 Å². The number of methoxy groups -OCH3 is 2. The van der Waals surface area contributed by atoms with Crippen LogP contribution in [-0.4, -0.2) is 27.4 Å². The summed E-state index contributed by atoms with van der Waals surface area (Å²) >= 11 is 0. The molecule has 0 atom stereocenters. The lowest BCUT2D eigenvalue weighted by Gasteiger charge is -2.15. The van der Waals surface area contributed by atoms with Gasteiger partial charge in [-0.25, -0.2) is 0 Å². The van der Waals surface area contributed by atoms with E-state index in [4.69, 9.17) is 14.2 Å². The lowest BCUT2D eigenvalue weighted by Crippen LogP contribution is -2.14. The molecule has 0 radical (unpaired) electrons. The van der Waals surface area contributed by atoms with E-state index in [0.29, 0.717) is 23.9 Å². The zero-order chi connectivity index (χ0) is 14.1. The summed E-state index contributed by atoms with van der Waals surface area (Å²) in [6, 6.07) is 3.92. The Morgan fingerprint density at radius 2 is 1.84 bits per heavy atom. The Balaban J connectivity index is 2.94. The van der Waals surface area contributed by atoms with Gasteiger partial charge in [-0.05, 0) is 30.7 Å². The quantitative estimate of drug-likeness (QED) is 0.550. The van der Waals surface area contributed by atoms with Gasteiger partial charge in [0.25, 0.3) is 0 Å². The number of hydrogen-bond donors (Lipinski definition) is 1. The van der Waals surface area contributed by atoms with Gasteiger partial charge in [-0.15, -0.1) is 0 Å². The Morgan fingerprint density at radius 1 is 1.21 bits per heavy atom. The van der Waals surface area contributed by atoms with Crippen LogP contribution in [-0.2, 0) is 6.54 Å². The molecule has 0 heterocycles. The molecule has 0 aliphatic heterocycles. The third-order valence-corrected chi connectivity index (χ3v) is 2.62. The fourth-order valence-corrected chi connectivity index (χ4v) is 1.73. The van der Waals surface area contributed by atoms with Gasteiger partial charge in [-0.1, -0.05) is 19.6 Å². The smallest absolute Gasteiger partial charge is 0.203 e. The molecule has 4 heteroatoms. The second kappa shape index (κ2) is 8.43. The fraction of sp³-hybridized carbons (Fsp3) is 0.467. The Bertz CT molecular complexity index is 379. The van der Waals surface area contributed by atoms with Crippen LogP contribution in [0.15, 0.2) is 24.8 Å². The molecule has 0 amide bonds. The molecular formula is C15H23NO3. The van der Waals surface area contributed by atoms with E-state index in [1.807, 2.05) is 12.1 Å². The Labute approximate surface area is 115 Å². The summed E-state index contributed by atoms with van der Waals surface area (Å²) in [7, 11) is 3.25. The number of benzene rings is 1. The molecule has 1 N–H and O–H groups in total. The van der Waals surface area contributed by atoms with Crippen LogP contribution in [0.2, 0.25) is 0 Å². The number of hydrogen-bond acceptors (Lipinski definition) is 4. The van der Waals surface area contributed by atoms with Crippen LogP contribution in [0.25, 0.3) is 0 Å². The first-order valence-electron chi connectivity index (χ1n) is 6.46. The molecule has 19 heavy (non-hydrogen) atoms. The molecule has 4 nitrogen and oxygen atoms in total. The van der Waals surface area contributed by atoms with Crippen LogP contribution in [0.4, 0.5) is 0 Å². The minimum atomic E-state index is 0.417. The lowest BCUT2D eigenvalue weighted by atomic mass is 10.1. The van der Waals surface area contributed by atoms with Crippen molar-refractivity contribution in [3.05, 3.63) is 30.4 Å². The van der Waals surface area contributed by atoms with Crippen LogP contribution in [0.3, 0.4) is 0 Å². The van der Waals surface area contributed by atoms with Gasteiger partial charge < -0.3 is 19.5 Å². The van der Waals surface area contributed by atoms with Crippen LogP contribution in [0.5, 0.6) is 17.2 Å². The highest BCUT2D eigenvalue weighted by Crippen LogP contribution is 2.38. The highest BCUT2D eigenvalue weighted by molar-refractivity contribution is 5.54. The molecular weight excluding hydrogens is 242 g/mol. The highest BCUT2D eigenvalue weighted by atomic mass is 16.5. The molecule has 0 aliphatic rings. The predicted molar refractivity (Wildman–Crippen MR) is 77.2 cm³/mol. The molecule has 0 saturated heterocycles. The second-order valence-electron chi connectivity index (χ2n) is 4.11. The minimum absolute atomic E-state index is 0.417. The zero-order valence-electron chi connectivity index (χ0n) is 12.0. The van der Waals surface area contributed by atoms with Gasteiger partial charge >= 0.3 is 0 Å². The van der Waals surface area contributed by atoms with Gasteiger partial charge in [0.2, 0.25) is 5.75 Å². The van der Waals surface area contributed by atoms with Gasteiger partial charge in [0.15, 0.2) is 11.5 Å². The zero-order valence-corrected chi connectivity index (χ0v) is 12.0. The largest absolute Gasteiger partial charge is 0.493 e. The van der Waals surface area contributed by atoms with Crippen molar-refractivity contribution in [3.63, 3.8) is 0 Å². The summed E-state index contributed by atoms with van der Waals surface area (Å²) in [5.74, 6) is 1.97. The molecule has 0 bridgehead atoms. The standard InChI is InChI=1S/C15H23NO3/c1-5-7-16-11-12-9-13(17-3)15(19-8-6-2)14(10-12)18-4/h6,9-10,16H,2,5,7-8,11H2,1,3-4H3. The molecule has 0 spiro atoms. The van der Waals surface area contributed by atoms with Crippen LogP contribution in [0, 0.1) is 0 Å². The van der Waals surface area contributed by atoms with E-state index in [1.54, 1.807) is 20.3 Å². The van der Waals surface area contributed by atoms with Crippen molar-refractivity contribution in [2.24, 2.45) is 0 Å². The molecule has 0 unspecified atom stereocenters. The fourth-order valence-electron chi connectivity index (χ4n) is 1.73. The minimum Gasteiger partial charge on any atom is -0.493 e. The van der Waals surface area contributed by atoms with Crippen molar-refractivity contribution in [2.45, 2.75) is 19.9 Å². The first-order valence-corrected chi connectivity index (χ1v) is 6.46. The summed E-state index contributed by atoms with van der Waals surface area (Å²) in [6.07, 6.45) is 2.80. The molecule has 1 aromatic rings. The molecule has 0 fully saturated rings. The van der Waals surface area contributed by atoms with Crippen LogP contribution < -0.4 is 19.5 Å². The van der Waals surface area contributed by atoms with E-state index in [9.17, 15) is 0 Å². The highest BCUT2D eigenvalue weighted by Gasteiger charge is 2.13. The van der Waals surface area contributed by atoms with Gasteiger partial charge in [-0.2, -0.15) is 0 Å². The Morgan fingerprint density at radius 3 is 2.32 bits per heavy atom. The maximum atomic E-state index is 5.59. The van der Waals surface area contributed by atoms with E-state index in [2.05, 4.69) is 18.8 Å². The van der Waals surface area contributed by atoms with Gasteiger partial charge in [0.1, 0.15) is 6.61 Å². The predicted octanol–water partition coefficient (Wildman–Crippen LogP) is 2.77. The summed E-state index contributed by atoms with van der Waals surface area (Å²) in [4.78, 5) is 0. The van der Waals surface area contributed by atoms with E-state index >= 15 is 0 Å². The summed E-state index contributed by atoms with van der Waals surface area (Å²) < 4.78 is 16.3. The average Bonchev–Trinajstić information content (AvgIpc) is 2.45.